The smallest absolute Gasteiger partial charge is 0.317 e. The first-order valence-electron chi connectivity index (χ1n) is 8.14. The van der Waals surface area contributed by atoms with E-state index in [0.29, 0.717) is 24.5 Å². The summed E-state index contributed by atoms with van der Waals surface area (Å²) >= 11 is 5.78. The number of nitrogens with one attached hydrogen (secondary N) is 1. The molecule has 4 nitrogen and oxygen atoms in total. The zero-order valence-electron chi connectivity index (χ0n) is 13.0. The summed E-state index contributed by atoms with van der Waals surface area (Å²) in [5.41, 5.74) is 0.959. The van der Waals surface area contributed by atoms with Gasteiger partial charge in [-0.2, -0.15) is 0 Å². The van der Waals surface area contributed by atoms with E-state index in [2.05, 4.69) is 10.2 Å². The van der Waals surface area contributed by atoms with Crippen LogP contribution in [0, 0.1) is 11.7 Å². The average Bonchev–Trinajstić information content (AvgIpc) is 3.24. The number of benzene rings is 1. The van der Waals surface area contributed by atoms with Gasteiger partial charge in [-0.05, 0) is 49.3 Å². The van der Waals surface area contributed by atoms with Crippen molar-refractivity contribution in [3.05, 3.63) is 34.6 Å². The van der Waals surface area contributed by atoms with E-state index < -0.39 is 11.8 Å². The van der Waals surface area contributed by atoms with E-state index in [1.54, 1.807) is 12.1 Å². The van der Waals surface area contributed by atoms with E-state index in [1.165, 1.54) is 18.9 Å². The lowest BCUT2D eigenvalue weighted by molar-refractivity contribution is -0.139. The summed E-state index contributed by atoms with van der Waals surface area (Å²) in [5.74, 6) is -0.450. The number of carboxylic acids is 1. The predicted molar refractivity (Wildman–Crippen MR) is 87.0 cm³/mol. The molecule has 0 unspecified atom stereocenters. The van der Waals surface area contributed by atoms with Crippen LogP contribution in [0.3, 0.4) is 0 Å². The van der Waals surface area contributed by atoms with Crippen LogP contribution in [0.1, 0.15) is 31.2 Å². The molecule has 0 radical (unpaired) electrons. The second-order valence-electron chi connectivity index (χ2n) is 6.72. The van der Waals surface area contributed by atoms with E-state index in [1.807, 2.05) is 0 Å². The second-order valence-corrected chi connectivity index (χ2v) is 7.13. The Kier molecular flexibility index (Phi) is 5.19. The number of carbonyl (C=O) groups is 1. The van der Waals surface area contributed by atoms with Crippen molar-refractivity contribution in [3.63, 3.8) is 0 Å². The fourth-order valence-electron chi connectivity index (χ4n) is 3.11. The van der Waals surface area contributed by atoms with E-state index >= 15 is 0 Å². The van der Waals surface area contributed by atoms with Crippen molar-refractivity contribution in [2.75, 3.05) is 13.1 Å². The molecule has 2 N–H and O–H groups in total. The third-order valence-corrected chi connectivity index (χ3v) is 5.03. The van der Waals surface area contributed by atoms with E-state index in [4.69, 9.17) is 16.7 Å². The molecule has 0 spiro atoms. The zero-order valence-corrected chi connectivity index (χ0v) is 13.7. The molecule has 126 valence electrons. The Hall–Kier alpha value is -1.17. The number of carboxylic acid groups (broad SMARTS) is 1. The van der Waals surface area contributed by atoms with E-state index in [9.17, 15) is 9.18 Å². The van der Waals surface area contributed by atoms with Gasteiger partial charge in [-0.3, -0.25) is 9.69 Å². The molecule has 0 amide bonds. The molecule has 6 heteroatoms. The van der Waals surface area contributed by atoms with Gasteiger partial charge in [0.25, 0.3) is 0 Å². The van der Waals surface area contributed by atoms with Gasteiger partial charge in [0.15, 0.2) is 0 Å². The van der Waals surface area contributed by atoms with Gasteiger partial charge in [0.1, 0.15) is 5.82 Å². The van der Waals surface area contributed by atoms with Crippen LogP contribution in [-0.4, -0.2) is 41.1 Å². The van der Waals surface area contributed by atoms with Crippen LogP contribution in [0.4, 0.5) is 4.39 Å². The Balaban J connectivity index is 1.43. The van der Waals surface area contributed by atoms with E-state index in [0.717, 1.165) is 24.9 Å². The Bertz CT molecular complexity index is 574. The molecule has 2 aliphatic rings. The first kappa shape index (κ1) is 16.7. The van der Waals surface area contributed by atoms with E-state index in [-0.39, 0.29) is 11.6 Å². The highest BCUT2D eigenvalue weighted by Gasteiger charge is 2.36. The Labute approximate surface area is 140 Å². The maximum Gasteiger partial charge on any atom is 0.317 e. The Morgan fingerprint density at radius 1 is 1.39 bits per heavy atom. The van der Waals surface area contributed by atoms with Crippen molar-refractivity contribution in [2.24, 2.45) is 5.92 Å². The van der Waals surface area contributed by atoms with Crippen molar-refractivity contribution in [1.29, 1.82) is 0 Å². The summed E-state index contributed by atoms with van der Waals surface area (Å²) in [6.07, 6.45) is 4.40. The minimum absolute atomic E-state index is 0.140. The molecule has 3 rings (SSSR count). The normalized spacial score (nSPS) is 23.8. The first-order chi connectivity index (χ1) is 11.0. The molecular weight excluding hydrogens is 319 g/mol. The summed E-state index contributed by atoms with van der Waals surface area (Å²) in [7, 11) is 0. The van der Waals surface area contributed by atoms with Crippen LogP contribution in [0.5, 0.6) is 0 Å². The third kappa shape index (κ3) is 4.66. The lowest BCUT2D eigenvalue weighted by atomic mass is 9.85. The summed E-state index contributed by atoms with van der Waals surface area (Å²) in [4.78, 5) is 13.1. The average molecular weight is 341 g/mol. The standard InChI is InChI=1S/C17H22ClFN2O2/c18-15-5-12(3-4-16(15)19)8-20-13-6-14(7-13)21(10-17(22)23)9-11-1-2-11/h3-5,11,13-14,20H,1-2,6-10H2,(H,22,23). The predicted octanol–water partition coefficient (Wildman–Crippen LogP) is 2.90. The van der Waals surface area contributed by atoms with Gasteiger partial charge in [-0.25, -0.2) is 4.39 Å². The summed E-state index contributed by atoms with van der Waals surface area (Å²) in [5, 5.41) is 12.6. The Morgan fingerprint density at radius 3 is 2.74 bits per heavy atom. The number of rotatable bonds is 8. The second kappa shape index (κ2) is 7.16. The highest BCUT2D eigenvalue weighted by Crippen LogP contribution is 2.33. The maximum absolute atomic E-state index is 13.1. The summed E-state index contributed by atoms with van der Waals surface area (Å²) in [6, 6.07) is 5.51. The van der Waals surface area contributed by atoms with Crippen LogP contribution >= 0.6 is 11.6 Å². The highest BCUT2D eigenvalue weighted by atomic mass is 35.5. The SMILES string of the molecule is O=C(O)CN(CC1CC1)C1CC(NCc2ccc(F)c(Cl)c2)C1. The fraction of sp³-hybridized carbons (Fsp3) is 0.588. The van der Waals surface area contributed by atoms with Crippen LogP contribution in [0.15, 0.2) is 18.2 Å². The lowest BCUT2D eigenvalue weighted by Gasteiger charge is -2.43. The van der Waals surface area contributed by atoms with Crippen molar-refractivity contribution >= 4 is 17.6 Å². The molecule has 2 aliphatic carbocycles. The molecule has 0 heterocycles. The van der Waals surface area contributed by atoms with Gasteiger partial charge in [0, 0.05) is 25.2 Å². The van der Waals surface area contributed by atoms with Gasteiger partial charge in [0.05, 0.1) is 11.6 Å². The number of hydrogen-bond donors (Lipinski definition) is 2. The minimum atomic E-state index is -0.747. The van der Waals surface area contributed by atoms with Crippen molar-refractivity contribution in [3.8, 4) is 0 Å². The molecule has 0 bridgehead atoms. The molecule has 2 fully saturated rings. The van der Waals surface area contributed by atoms with Crippen LogP contribution in [0.25, 0.3) is 0 Å². The molecule has 0 aliphatic heterocycles. The van der Waals surface area contributed by atoms with Gasteiger partial charge >= 0.3 is 5.97 Å². The molecular formula is C17H22ClFN2O2. The highest BCUT2D eigenvalue weighted by molar-refractivity contribution is 6.30. The van der Waals surface area contributed by atoms with Gasteiger partial charge in [-0.15, -0.1) is 0 Å². The Morgan fingerprint density at radius 2 is 2.13 bits per heavy atom. The molecule has 2 saturated carbocycles. The number of halogens is 2. The summed E-state index contributed by atoms with van der Waals surface area (Å²) < 4.78 is 13.1. The van der Waals surface area contributed by atoms with Crippen molar-refractivity contribution in [1.82, 2.24) is 10.2 Å². The third-order valence-electron chi connectivity index (χ3n) is 4.74. The van der Waals surface area contributed by atoms with Crippen LogP contribution < -0.4 is 5.32 Å². The fourth-order valence-corrected chi connectivity index (χ4v) is 3.32. The maximum atomic E-state index is 13.1. The molecule has 0 aromatic heterocycles. The molecule has 1 aromatic rings. The zero-order chi connectivity index (χ0) is 16.4. The van der Waals surface area contributed by atoms with Crippen LogP contribution in [-0.2, 0) is 11.3 Å². The topological polar surface area (TPSA) is 52.6 Å². The van der Waals surface area contributed by atoms with Gasteiger partial charge in [-0.1, -0.05) is 17.7 Å². The number of nitrogens with zero attached hydrogens (tertiary/aromatic N) is 1. The van der Waals surface area contributed by atoms with Gasteiger partial charge in [0.2, 0.25) is 0 Å². The lowest BCUT2D eigenvalue weighted by Crippen LogP contribution is -2.54. The molecule has 23 heavy (non-hydrogen) atoms. The summed E-state index contributed by atoms with van der Waals surface area (Å²) in [6.45, 7) is 1.71. The number of hydrogen-bond acceptors (Lipinski definition) is 3. The first-order valence-corrected chi connectivity index (χ1v) is 8.52. The minimum Gasteiger partial charge on any atom is -0.480 e. The molecule has 0 atom stereocenters. The molecule has 1 aromatic carbocycles. The van der Waals surface area contributed by atoms with Crippen LogP contribution in [0.2, 0.25) is 5.02 Å². The molecule has 0 saturated heterocycles. The largest absolute Gasteiger partial charge is 0.480 e. The number of aliphatic carboxylic acids is 1. The van der Waals surface area contributed by atoms with Crippen molar-refractivity contribution in [2.45, 2.75) is 44.3 Å². The monoisotopic (exact) mass is 340 g/mol. The van der Waals surface area contributed by atoms with Crippen molar-refractivity contribution < 1.29 is 14.3 Å². The van der Waals surface area contributed by atoms with Gasteiger partial charge < -0.3 is 10.4 Å². The quantitative estimate of drug-likeness (QED) is 0.764.